The molecule has 8 heteroatoms. The zero-order valence-corrected chi connectivity index (χ0v) is 20.0. The van der Waals surface area contributed by atoms with Crippen LogP contribution in [-0.4, -0.2) is 64.2 Å². The molecule has 1 heterocycles. The first-order valence-corrected chi connectivity index (χ1v) is 11.1. The van der Waals surface area contributed by atoms with E-state index in [0.29, 0.717) is 40.8 Å². The molecular weight excluding hydrogens is 422 g/mol. The van der Waals surface area contributed by atoms with Crippen molar-refractivity contribution in [3.63, 3.8) is 0 Å². The van der Waals surface area contributed by atoms with E-state index in [1.165, 1.54) is 21.3 Å². The van der Waals surface area contributed by atoms with Crippen molar-refractivity contribution in [3.8, 4) is 17.2 Å². The zero-order chi connectivity index (χ0) is 24.0. The summed E-state index contributed by atoms with van der Waals surface area (Å²) in [6.07, 6.45) is 0.598. The molecule has 0 atom stereocenters. The number of ether oxygens (including phenoxy) is 3. The average Bonchev–Trinajstić information content (AvgIpc) is 2.83. The molecular formula is C25H33N3O5. The minimum Gasteiger partial charge on any atom is -0.493 e. The lowest BCUT2D eigenvalue weighted by Crippen LogP contribution is -2.49. The second kappa shape index (κ2) is 10.9. The van der Waals surface area contributed by atoms with E-state index in [0.717, 1.165) is 31.9 Å². The first kappa shape index (κ1) is 24.2. The molecule has 8 nitrogen and oxygen atoms in total. The summed E-state index contributed by atoms with van der Waals surface area (Å²) in [4.78, 5) is 29.3. The van der Waals surface area contributed by atoms with Crippen LogP contribution in [0.2, 0.25) is 0 Å². The Morgan fingerprint density at radius 3 is 1.97 bits per heavy atom. The van der Waals surface area contributed by atoms with Gasteiger partial charge in [0.2, 0.25) is 11.7 Å². The molecule has 1 aliphatic heterocycles. The summed E-state index contributed by atoms with van der Waals surface area (Å²) < 4.78 is 16.0. The van der Waals surface area contributed by atoms with E-state index in [9.17, 15) is 9.59 Å². The molecule has 0 saturated carbocycles. The second-order valence-corrected chi connectivity index (χ2v) is 8.38. The molecule has 1 fully saturated rings. The number of piperazine rings is 1. The third-order valence-corrected chi connectivity index (χ3v) is 5.63. The summed E-state index contributed by atoms with van der Waals surface area (Å²) in [7, 11) is 4.54. The Morgan fingerprint density at radius 2 is 1.48 bits per heavy atom. The van der Waals surface area contributed by atoms with Gasteiger partial charge >= 0.3 is 0 Å². The Hall–Kier alpha value is -3.42. The topological polar surface area (TPSA) is 80.3 Å². The fourth-order valence-corrected chi connectivity index (χ4v) is 3.86. The van der Waals surface area contributed by atoms with Crippen LogP contribution in [0, 0.1) is 5.92 Å². The van der Waals surface area contributed by atoms with Crippen molar-refractivity contribution < 1.29 is 23.8 Å². The fraction of sp³-hybridized carbons (Fsp3) is 0.440. The lowest BCUT2D eigenvalue weighted by Gasteiger charge is -2.36. The monoisotopic (exact) mass is 455 g/mol. The van der Waals surface area contributed by atoms with E-state index in [1.54, 1.807) is 12.1 Å². The lowest BCUT2D eigenvalue weighted by molar-refractivity contribution is -0.132. The van der Waals surface area contributed by atoms with Crippen LogP contribution in [0.25, 0.3) is 0 Å². The zero-order valence-electron chi connectivity index (χ0n) is 20.0. The average molecular weight is 456 g/mol. The van der Waals surface area contributed by atoms with E-state index in [1.807, 2.05) is 29.2 Å². The maximum atomic E-state index is 12.8. The third-order valence-electron chi connectivity index (χ3n) is 5.63. The van der Waals surface area contributed by atoms with Crippen molar-refractivity contribution in [1.29, 1.82) is 0 Å². The lowest BCUT2D eigenvalue weighted by atomic mass is 10.1. The number of rotatable bonds is 8. The van der Waals surface area contributed by atoms with Gasteiger partial charge in [0.25, 0.3) is 5.91 Å². The van der Waals surface area contributed by atoms with E-state index >= 15 is 0 Å². The maximum absolute atomic E-state index is 12.8. The second-order valence-electron chi connectivity index (χ2n) is 8.38. The molecule has 2 aromatic carbocycles. The van der Waals surface area contributed by atoms with Crippen molar-refractivity contribution in [3.05, 3.63) is 42.0 Å². The van der Waals surface area contributed by atoms with Gasteiger partial charge in [-0.1, -0.05) is 13.8 Å². The highest BCUT2D eigenvalue weighted by Gasteiger charge is 2.22. The van der Waals surface area contributed by atoms with Crippen LogP contribution >= 0.6 is 0 Å². The van der Waals surface area contributed by atoms with Gasteiger partial charge in [-0.05, 0) is 42.3 Å². The Balaban J connectivity index is 1.62. The Kier molecular flexibility index (Phi) is 8.03. The standard InChI is InChI=1S/C25H33N3O5/c1-17(2)14-23(29)28-12-10-27(11-13-28)20-8-6-19(7-9-20)26-25(30)18-15-21(31-3)24(33-5)22(16-18)32-4/h6-9,15-17H,10-14H2,1-5H3,(H,26,30). The largest absolute Gasteiger partial charge is 0.493 e. The van der Waals surface area contributed by atoms with Crippen molar-refractivity contribution in [2.45, 2.75) is 20.3 Å². The number of hydrogen-bond acceptors (Lipinski definition) is 6. The highest BCUT2D eigenvalue weighted by molar-refractivity contribution is 6.05. The van der Waals surface area contributed by atoms with Gasteiger partial charge < -0.3 is 29.3 Å². The normalized spacial score (nSPS) is 13.6. The molecule has 1 saturated heterocycles. The molecule has 178 valence electrons. The van der Waals surface area contributed by atoms with Gasteiger partial charge in [-0.2, -0.15) is 0 Å². The molecule has 0 aromatic heterocycles. The Morgan fingerprint density at radius 1 is 0.909 bits per heavy atom. The van der Waals surface area contributed by atoms with Crippen molar-refractivity contribution >= 4 is 23.2 Å². The summed E-state index contributed by atoms with van der Waals surface area (Å²) in [6.45, 7) is 7.17. The summed E-state index contributed by atoms with van der Waals surface area (Å²) in [5.74, 6) is 1.60. The number of carbonyl (C=O) groups is 2. The Labute approximate surface area is 195 Å². The van der Waals surface area contributed by atoms with Gasteiger partial charge in [-0.15, -0.1) is 0 Å². The summed E-state index contributed by atoms with van der Waals surface area (Å²) in [5, 5.41) is 2.91. The molecule has 1 aliphatic rings. The minimum atomic E-state index is -0.278. The Bertz CT molecular complexity index is 942. The van der Waals surface area contributed by atoms with Crippen molar-refractivity contribution in [2.75, 3.05) is 57.7 Å². The van der Waals surface area contributed by atoms with Gasteiger partial charge in [0.15, 0.2) is 11.5 Å². The predicted molar refractivity (Wildman–Crippen MR) is 129 cm³/mol. The first-order chi connectivity index (χ1) is 15.9. The summed E-state index contributed by atoms with van der Waals surface area (Å²) in [5.41, 5.74) is 2.15. The molecule has 0 spiro atoms. The van der Waals surface area contributed by atoms with Gasteiger partial charge in [-0.3, -0.25) is 9.59 Å². The number of methoxy groups -OCH3 is 3. The van der Waals surface area contributed by atoms with Crippen LogP contribution in [-0.2, 0) is 4.79 Å². The van der Waals surface area contributed by atoms with Crippen molar-refractivity contribution in [2.24, 2.45) is 5.92 Å². The van der Waals surface area contributed by atoms with Crippen molar-refractivity contribution in [1.82, 2.24) is 4.90 Å². The van der Waals surface area contributed by atoms with E-state index in [-0.39, 0.29) is 11.8 Å². The van der Waals surface area contributed by atoms with Crippen LogP contribution in [0.5, 0.6) is 17.2 Å². The maximum Gasteiger partial charge on any atom is 0.255 e. The molecule has 0 radical (unpaired) electrons. The van der Waals surface area contributed by atoms with Gasteiger partial charge in [0, 0.05) is 49.5 Å². The van der Waals surface area contributed by atoms with E-state index in [2.05, 4.69) is 24.1 Å². The number of hydrogen-bond donors (Lipinski definition) is 1. The number of anilines is 2. The first-order valence-electron chi connectivity index (χ1n) is 11.1. The smallest absolute Gasteiger partial charge is 0.255 e. The summed E-state index contributed by atoms with van der Waals surface area (Å²) >= 11 is 0. The molecule has 0 unspecified atom stereocenters. The molecule has 2 amide bonds. The quantitative estimate of drug-likeness (QED) is 0.654. The van der Waals surface area contributed by atoms with Gasteiger partial charge in [0.05, 0.1) is 21.3 Å². The number of amides is 2. The highest BCUT2D eigenvalue weighted by Crippen LogP contribution is 2.38. The van der Waals surface area contributed by atoms with Crippen LogP contribution in [0.1, 0.15) is 30.6 Å². The van der Waals surface area contributed by atoms with Gasteiger partial charge in [-0.25, -0.2) is 0 Å². The summed E-state index contributed by atoms with van der Waals surface area (Å²) in [6, 6.07) is 11.0. The molecule has 33 heavy (non-hydrogen) atoms. The van der Waals surface area contributed by atoms with Gasteiger partial charge in [0.1, 0.15) is 0 Å². The molecule has 1 N–H and O–H groups in total. The number of nitrogens with zero attached hydrogens (tertiary/aromatic N) is 2. The van der Waals surface area contributed by atoms with Crippen LogP contribution in [0.3, 0.4) is 0 Å². The SMILES string of the molecule is COc1cc(C(=O)Nc2ccc(N3CCN(C(=O)CC(C)C)CC3)cc2)cc(OC)c1OC. The van der Waals surface area contributed by atoms with E-state index < -0.39 is 0 Å². The third kappa shape index (κ3) is 5.88. The molecule has 2 aromatic rings. The predicted octanol–water partition coefficient (Wildman–Crippen LogP) is 3.66. The molecule has 0 bridgehead atoms. The number of nitrogens with one attached hydrogen (secondary N) is 1. The highest BCUT2D eigenvalue weighted by atomic mass is 16.5. The number of carbonyl (C=O) groups excluding carboxylic acids is 2. The van der Waals surface area contributed by atoms with Crippen LogP contribution in [0.15, 0.2) is 36.4 Å². The molecule has 0 aliphatic carbocycles. The van der Waals surface area contributed by atoms with Crippen LogP contribution < -0.4 is 24.4 Å². The van der Waals surface area contributed by atoms with Crippen LogP contribution in [0.4, 0.5) is 11.4 Å². The minimum absolute atomic E-state index is 0.231. The fourth-order valence-electron chi connectivity index (χ4n) is 3.86. The van der Waals surface area contributed by atoms with E-state index in [4.69, 9.17) is 14.2 Å². The number of benzene rings is 2. The molecule has 3 rings (SSSR count).